The molecular formula is C33H40N6O2. The highest BCUT2D eigenvalue weighted by atomic mass is 16.2. The van der Waals surface area contributed by atoms with Gasteiger partial charge in [0.05, 0.1) is 22.8 Å². The van der Waals surface area contributed by atoms with Gasteiger partial charge in [-0.3, -0.25) is 9.79 Å². The van der Waals surface area contributed by atoms with Crippen LogP contribution in [-0.4, -0.2) is 60.0 Å². The Balaban J connectivity index is 1.50. The first kappa shape index (κ1) is 28.3. The van der Waals surface area contributed by atoms with E-state index in [1.165, 1.54) is 4.90 Å². The summed E-state index contributed by atoms with van der Waals surface area (Å²) in [6.07, 6.45) is 8.16. The van der Waals surface area contributed by atoms with E-state index in [9.17, 15) is 9.59 Å². The Labute approximate surface area is 242 Å². The molecule has 0 aromatic heterocycles. The molecule has 1 aliphatic carbocycles. The molecule has 41 heavy (non-hydrogen) atoms. The summed E-state index contributed by atoms with van der Waals surface area (Å²) in [7, 11) is 3.43. The van der Waals surface area contributed by atoms with Crippen LogP contribution in [0.15, 0.2) is 76.5 Å². The fourth-order valence-electron chi connectivity index (χ4n) is 4.75. The molecule has 3 amide bonds. The number of hydrogen-bond donors (Lipinski definition) is 2. The van der Waals surface area contributed by atoms with Gasteiger partial charge in [-0.25, -0.2) is 9.80 Å². The van der Waals surface area contributed by atoms with Crippen molar-refractivity contribution in [3.63, 3.8) is 0 Å². The average Bonchev–Trinajstić information content (AvgIpc) is 3.79. The van der Waals surface area contributed by atoms with E-state index in [2.05, 4.69) is 43.6 Å². The van der Waals surface area contributed by atoms with Crippen LogP contribution < -0.4 is 10.6 Å². The van der Waals surface area contributed by atoms with Crippen LogP contribution in [0.25, 0.3) is 5.70 Å². The van der Waals surface area contributed by atoms with Crippen molar-refractivity contribution in [1.29, 1.82) is 0 Å². The van der Waals surface area contributed by atoms with Gasteiger partial charge in [0, 0.05) is 44.4 Å². The molecule has 2 heterocycles. The zero-order valence-corrected chi connectivity index (χ0v) is 24.6. The summed E-state index contributed by atoms with van der Waals surface area (Å²) in [6.45, 7) is 7.30. The van der Waals surface area contributed by atoms with Gasteiger partial charge in [0.2, 0.25) is 0 Å². The Bertz CT molecular complexity index is 1410. The third-order valence-corrected chi connectivity index (χ3v) is 7.31. The minimum absolute atomic E-state index is 0.0190. The quantitative estimate of drug-likeness (QED) is 0.432. The van der Waals surface area contributed by atoms with Gasteiger partial charge >= 0.3 is 6.03 Å². The fourth-order valence-corrected chi connectivity index (χ4v) is 4.75. The summed E-state index contributed by atoms with van der Waals surface area (Å²) in [5.74, 6) is 0.729. The van der Waals surface area contributed by atoms with E-state index < -0.39 is 0 Å². The molecule has 2 N–H and O–H groups in total. The number of anilines is 1. The normalized spacial score (nSPS) is 19.6. The maximum absolute atomic E-state index is 12.6. The van der Waals surface area contributed by atoms with Crippen LogP contribution in [0.4, 0.5) is 10.5 Å². The number of hydrazone groups is 1. The molecule has 1 atom stereocenters. The van der Waals surface area contributed by atoms with Gasteiger partial charge in [-0.05, 0) is 66.5 Å². The van der Waals surface area contributed by atoms with Crippen molar-refractivity contribution in [3.8, 4) is 0 Å². The molecule has 5 rings (SSSR count). The lowest BCUT2D eigenvalue weighted by Crippen LogP contribution is -2.31. The summed E-state index contributed by atoms with van der Waals surface area (Å²) in [6, 6.07) is 15.8. The van der Waals surface area contributed by atoms with Crippen LogP contribution in [0.3, 0.4) is 0 Å². The number of fused-ring (bicyclic) bond motifs is 1. The number of carbonyl (C=O) groups excluding carboxylic acids is 2. The Morgan fingerprint density at radius 2 is 1.71 bits per heavy atom. The van der Waals surface area contributed by atoms with Gasteiger partial charge in [-0.2, -0.15) is 5.10 Å². The summed E-state index contributed by atoms with van der Waals surface area (Å²) in [5, 5.41) is 13.2. The van der Waals surface area contributed by atoms with Gasteiger partial charge in [0.1, 0.15) is 0 Å². The summed E-state index contributed by atoms with van der Waals surface area (Å²) in [4.78, 5) is 31.3. The minimum atomic E-state index is -0.171. The molecule has 1 saturated carbocycles. The van der Waals surface area contributed by atoms with Gasteiger partial charge < -0.3 is 15.5 Å². The predicted octanol–water partition coefficient (Wildman–Crippen LogP) is 6.14. The number of benzene rings is 2. The number of hydrogen-bond acceptors (Lipinski definition) is 5. The summed E-state index contributed by atoms with van der Waals surface area (Å²) >= 11 is 0. The van der Waals surface area contributed by atoms with Crippen LogP contribution in [0, 0.1) is 11.8 Å². The van der Waals surface area contributed by atoms with Crippen LogP contribution >= 0.6 is 0 Å². The fraction of sp³-hybridized carbons (Fsp3) is 0.394. The highest BCUT2D eigenvalue weighted by molar-refractivity contribution is 6.20. The van der Waals surface area contributed by atoms with Crippen molar-refractivity contribution in [2.45, 2.75) is 52.5 Å². The van der Waals surface area contributed by atoms with E-state index in [0.29, 0.717) is 29.9 Å². The molecule has 2 aromatic rings. The first-order valence-corrected chi connectivity index (χ1v) is 14.5. The molecule has 0 radical (unpaired) electrons. The summed E-state index contributed by atoms with van der Waals surface area (Å²) in [5.41, 5.74) is 7.33. The number of amides is 3. The molecule has 8 nitrogen and oxygen atoms in total. The first-order valence-electron chi connectivity index (χ1n) is 14.5. The number of carbonyl (C=O) groups is 2. The molecule has 3 aliphatic rings. The molecule has 2 aromatic carbocycles. The second kappa shape index (κ2) is 12.1. The second-order valence-corrected chi connectivity index (χ2v) is 11.8. The average molecular weight is 553 g/mol. The van der Waals surface area contributed by atoms with Crippen LogP contribution in [0.1, 0.15) is 67.9 Å². The number of nitrogens with zero attached hydrogens (tertiary/aromatic N) is 4. The van der Waals surface area contributed by atoms with E-state index >= 15 is 0 Å². The molecule has 1 fully saturated rings. The molecule has 1 unspecified atom stereocenters. The van der Waals surface area contributed by atoms with Crippen molar-refractivity contribution >= 4 is 34.7 Å². The van der Waals surface area contributed by atoms with Crippen LogP contribution in [0.5, 0.6) is 0 Å². The van der Waals surface area contributed by atoms with Crippen molar-refractivity contribution < 1.29 is 9.59 Å². The van der Waals surface area contributed by atoms with Crippen LogP contribution in [-0.2, 0) is 0 Å². The Hall–Kier alpha value is -4.20. The largest absolute Gasteiger partial charge is 0.349 e. The molecule has 0 saturated heterocycles. The molecule has 2 aliphatic heterocycles. The Kier molecular flexibility index (Phi) is 8.38. The number of nitrogens with one attached hydrogen (secondary N) is 2. The van der Waals surface area contributed by atoms with E-state index in [1.54, 1.807) is 14.1 Å². The third kappa shape index (κ3) is 6.93. The molecule has 8 heteroatoms. The number of urea groups is 1. The molecule has 214 valence electrons. The lowest BCUT2D eigenvalue weighted by molar-refractivity contribution is 0.0951. The van der Waals surface area contributed by atoms with Gasteiger partial charge in [0.25, 0.3) is 5.91 Å². The maximum atomic E-state index is 12.6. The van der Waals surface area contributed by atoms with Crippen molar-refractivity contribution in [3.05, 3.63) is 83.1 Å². The first-order chi connectivity index (χ1) is 19.7. The number of aliphatic imine (C=N–C) groups is 1. The smallest absolute Gasteiger partial charge is 0.321 e. The highest BCUT2D eigenvalue weighted by Crippen LogP contribution is 2.35. The zero-order chi connectivity index (χ0) is 29.1. The van der Waals surface area contributed by atoms with Crippen molar-refractivity contribution in [2.24, 2.45) is 21.9 Å². The Morgan fingerprint density at radius 1 is 1.02 bits per heavy atom. The zero-order valence-electron chi connectivity index (χ0n) is 24.6. The summed E-state index contributed by atoms with van der Waals surface area (Å²) < 4.78 is 0. The van der Waals surface area contributed by atoms with E-state index in [0.717, 1.165) is 65.4 Å². The lowest BCUT2D eigenvalue weighted by atomic mass is 9.99. The minimum Gasteiger partial charge on any atom is -0.349 e. The van der Waals surface area contributed by atoms with Crippen LogP contribution in [0.2, 0.25) is 0 Å². The molecule has 0 spiro atoms. The second-order valence-electron chi connectivity index (χ2n) is 11.8. The van der Waals surface area contributed by atoms with E-state index in [-0.39, 0.29) is 11.9 Å². The van der Waals surface area contributed by atoms with E-state index in [1.807, 2.05) is 53.5 Å². The number of rotatable bonds is 7. The standard InChI is InChI=1S/C33H40N6O2/c1-21(2)20-34-29-19-28(23-11-13-27(14-12-23)36-33(41)38(4)5)37-39-30(29)17-6-22(3)18-31(39)24-7-9-25(10-8-24)32(40)35-26-15-16-26/h7-14,17-18,21-22,26H,6,15-16,19-20H2,1-5H3,(H,35,40)(H,36,41). The lowest BCUT2D eigenvalue weighted by Gasteiger charge is -2.31. The van der Waals surface area contributed by atoms with Gasteiger partial charge in [-0.1, -0.05) is 57.2 Å². The van der Waals surface area contributed by atoms with E-state index in [4.69, 9.17) is 10.1 Å². The van der Waals surface area contributed by atoms with Gasteiger partial charge in [0.15, 0.2) is 0 Å². The Morgan fingerprint density at radius 3 is 2.34 bits per heavy atom. The molecular weight excluding hydrogens is 512 g/mol. The molecule has 0 bridgehead atoms. The van der Waals surface area contributed by atoms with Crippen molar-refractivity contribution in [1.82, 2.24) is 15.2 Å². The monoisotopic (exact) mass is 552 g/mol. The number of allylic oxidation sites excluding steroid dienone is 3. The predicted molar refractivity (Wildman–Crippen MR) is 166 cm³/mol. The van der Waals surface area contributed by atoms with Gasteiger partial charge in [-0.15, -0.1) is 0 Å². The van der Waals surface area contributed by atoms with Crippen molar-refractivity contribution in [2.75, 3.05) is 26.0 Å². The maximum Gasteiger partial charge on any atom is 0.321 e. The third-order valence-electron chi connectivity index (χ3n) is 7.31. The highest BCUT2D eigenvalue weighted by Gasteiger charge is 2.30. The topological polar surface area (TPSA) is 89.4 Å². The SMILES string of the molecule is CC(C)CN=C1CC(c2ccc(NC(=O)N(C)C)cc2)=NN2C1=CCC(C)C=C2c1ccc(C(=O)NC2CC2)cc1.